The number of ether oxygens (including phenoxy) is 1. The highest BCUT2D eigenvalue weighted by atomic mass is 35.5. The fourth-order valence-corrected chi connectivity index (χ4v) is 1.81. The Bertz CT molecular complexity index is 649. The summed E-state index contributed by atoms with van der Waals surface area (Å²) >= 11 is 6.05. The minimum atomic E-state index is -1.03. The third-order valence-corrected chi connectivity index (χ3v) is 2.89. The van der Waals surface area contributed by atoms with E-state index in [9.17, 15) is 4.79 Å². The molecule has 0 aliphatic heterocycles. The second-order valence-electron chi connectivity index (χ2n) is 4.21. The number of hydrogen-bond donors (Lipinski definition) is 2. The Labute approximate surface area is 126 Å². The molecule has 21 heavy (non-hydrogen) atoms. The van der Waals surface area contributed by atoms with E-state index in [0.717, 1.165) is 6.42 Å². The molecule has 0 saturated carbocycles. The first-order chi connectivity index (χ1) is 10.1. The molecule has 1 aromatic carbocycles. The molecule has 1 aromatic heterocycles. The molecule has 0 amide bonds. The van der Waals surface area contributed by atoms with Gasteiger partial charge in [-0.05, 0) is 24.6 Å². The number of aromatic carboxylic acids is 1. The Morgan fingerprint density at radius 3 is 2.86 bits per heavy atom. The summed E-state index contributed by atoms with van der Waals surface area (Å²) in [6.45, 7) is 2.58. The molecular weight excluding hydrogens is 294 g/mol. The number of halogens is 1. The van der Waals surface area contributed by atoms with Crippen LogP contribution in [0, 0.1) is 0 Å². The standard InChI is InChI=1S/C14H14ClN3O3/c1-2-5-21-13-7-12(16-8-17-13)18-11-4-3-9(14(19)20)6-10(11)15/h3-4,6-8H,2,5H2,1H3,(H,19,20)(H,16,17,18). The molecule has 0 aliphatic rings. The lowest BCUT2D eigenvalue weighted by Gasteiger charge is -2.09. The van der Waals surface area contributed by atoms with Crippen molar-refractivity contribution in [1.29, 1.82) is 0 Å². The second kappa shape index (κ2) is 6.90. The van der Waals surface area contributed by atoms with Crippen LogP contribution in [0.2, 0.25) is 5.02 Å². The van der Waals surface area contributed by atoms with Crippen LogP contribution in [0.1, 0.15) is 23.7 Å². The van der Waals surface area contributed by atoms with Gasteiger partial charge in [-0.2, -0.15) is 0 Å². The molecule has 0 saturated heterocycles. The molecule has 6 nitrogen and oxygen atoms in total. The third-order valence-electron chi connectivity index (χ3n) is 2.57. The van der Waals surface area contributed by atoms with Gasteiger partial charge in [-0.15, -0.1) is 0 Å². The quantitative estimate of drug-likeness (QED) is 0.851. The van der Waals surface area contributed by atoms with E-state index in [2.05, 4.69) is 15.3 Å². The van der Waals surface area contributed by atoms with Crippen molar-refractivity contribution in [3.63, 3.8) is 0 Å². The molecule has 0 fully saturated rings. The van der Waals surface area contributed by atoms with Crippen LogP contribution in [0.5, 0.6) is 5.88 Å². The number of carboxylic acids is 1. The SMILES string of the molecule is CCCOc1cc(Nc2ccc(C(=O)O)cc2Cl)ncn1. The van der Waals surface area contributed by atoms with E-state index < -0.39 is 5.97 Å². The molecule has 0 bridgehead atoms. The molecule has 1 heterocycles. The van der Waals surface area contributed by atoms with E-state index >= 15 is 0 Å². The summed E-state index contributed by atoms with van der Waals surface area (Å²) < 4.78 is 5.41. The van der Waals surface area contributed by atoms with Gasteiger partial charge in [0, 0.05) is 6.07 Å². The van der Waals surface area contributed by atoms with Gasteiger partial charge in [0.2, 0.25) is 5.88 Å². The third kappa shape index (κ3) is 4.06. The van der Waals surface area contributed by atoms with Crippen LogP contribution >= 0.6 is 11.6 Å². The number of hydrogen-bond acceptors (Lipinski definition) is 5. The van der Waals surface area contributed by atoms with Gasteiger partial charge in [0.1, 0.15) is 12.1 Å². The number of nitrogens with zero attached hydrogens (tertiary/aromatic N) is 2. The predicted molar refractivity (Wildman–Crippen MR) is 79.5 cm³/mol. The van der Waals surface area contributed by atoms with Crippen molar-refractivity contribution >= 4 is 29.1 Å². The van der Waals surface area contributed by atoms with Gasteiger partial charge >= 0.3 is 5.97 Å². The van der Waals surface area contributed by atoms with E-state index in [1.807, 2.05) is 6.92 Å². The van der Waals surface area contributed by atoms with Gasteiger partial charge in [0.25, 0.3) is 0 Å². The summed E-state index contributed by atoms with van der Waals surface area (Å²) in [6.07, 6.45) is 2.27. The van der Waals surface area contributed by atoms with Crippen molar-refractivity contribution in [1.82, 2.24) is 9.97 Å². The fraction of sp³-hybridized carbons (Fsp3) is 0.214. The van der Waals surface area contributed by atoms with Crippen molar-refractivity contribution in [2.75, 3.05) is 11.9 Å². The summed E-state index contributed by atoms with van der Waals surface area (Å²) in [6, 6.07) is 6.08. The zero-order chi connectivity index (χ0) is 15.2. The summed E-state index contributed by atoms with van der Waals surface area (Å²) in [4.78, 5) is 18.9. The highest BCUT2D eigenvalue weighted by Crippen LogP contribution is 2.26. The van der Waals surface area contributed by atoms with Crippen LogP contribution in [0.3, 0.4) is 0 Å². The fourth-order valence-electron chi connectivity index (χ4n) is 1.58. The van der Waals surface area contributed by atoms with Gasteiger partial charge in [-0.25, -0.2) is 14.8 Å². The maximum atomic E-state index is 10.9. The molecule has 2 rings (SSSR count). The number of carbonyl (C=O) groups is 1. The largest absolute Gasteiger partial charge is 0.478 e. The van der Waals surface area contributed by atoms with Gasteiger partial charge in [0.15, 0.2) is 0 Å². The Hall–Kier alpha value is -2.34. The predicted octanol–water partition coefficient (Wildman–Crippen LogP) is 3.36. The molecule has 2 aromatic rings. The lowest BCUT2D eigenvalue weighted by Crippen LogP contribution is -2.01. The summed E-state index contributed by atoms with van der Waals surface area (Å²) in [5.74, 6) is -0.0468. The van der Waals surface area contributed by atoms with E-state index in [1.165, 1.54) is 18.5 Å². The molecule has 0 atom stereocenters. The summed E-state index contributed by atoms with van der Waals surface area (Å²) in [5.41, 5.74) is 0.682. The number of benzene rings is 1. The molecule has 0 spiro atoms. The van der Waals surface area contributed by atoms with Crippen LogP contribution in [0.15, 0.2) is 30.6 Å². The molecular formula is C14H14ClN3O3. The van der Waals surface area contributed by atoms with Gasteiger partial charge in [-0.3, -0.25) is 0 Å². The van der Waals surface area contributed by atoms with Crippen molar-refractivity contribution in [2.24, 2.45) is 0 Å². The van der Waals surface area contributed by atoms with Gasteiger partial charge in [0.05, 0.1) is 22.9 Å². The Balaban J connectivity index is 2.16. The summed E-state index contributed by atoms with van der Waals surface area (Å²) in [7, 11) is 0. The number of anilines is 2. The zero-order valence-corrected chi connectivity index (χ0v) is 12.1. The number of carboxylic acid groups (broad SMARTS) is 1. The van der Waals surface area contributed by atoms with Gasteiger partial charge < -0.3 is 15.2 Å². The highest BCUT2D eigenvalue weighted by Gasteiger charge is 2.08. The van der Waals surface area contributed by atoms with Crippen LogP contribution in [0.25, 0.3) is 0 Å². The minimum absolute atomic E-state index is 0.125. The van der Waals surface area contributed by atoms with Crippen molar-refractivity contribution < 1.29 is 14.6 Å². The zero-order valence-electron chi connectivity index (χ0n) is 11.3. The van der Waals surface area contributed by atoms with E-state index in [4.69, 9.17) is 21.4 Å². The number of nitrogens with one attached hydrogen (secondary N) is 1. The summed E-state index contributed by atoms with van der Waals surface area (Å²) in [5, 5.41) is 12.2. The van der Waals surface area contributed by atoms with E-state index in [0.29, 0.717) is 29.0 Å². The molecule has 2 N–H and O–H groups in total. The van der Waals surface area contributed by atoms with Crippen molar-refractivity contribution in [2.45, 2.75) is 13.3 Å². The Kier molecular flexibility index (Phi) is 4.94. The number of aromatic nitrogens is 2. The average molecular weight is 308 g/mol. The second-order valence-corrected chi connectivity index (χ2v) is 4.62. The first-order valence-corrected chi connectivity index (χ1v) is 6.72. The first-order valence-electron chi connectivity index (χ1n) is 6.35. The van der Waals surface area contributed by atoms with Crippen LogP contribution in [-0.4, -0.2) is 27.7 Å². The van der Waals surface area contributed by atoms with E-state index in [1.54, 1.807) is 12.1 Å². The lowest BCUT2D eigenvalue weighted by molar-refractivity contribution is 0.0697. The Morgan fingerprint density at radius 1 is 1.38 bits per heavy atom. The molecule has 0 unspecified atom stereocenters. The van der Waals surface area contributed by atoms with Crippen LogP contribution < -0.4 is 10.1 Å². The maximum Gasteiger partial charge on any atom is 0.335 e. The monoisotopic (exact) mass is 307 g/mol. The van der Waals surface area contributed by atoms with Crippen molar-refractivity contribution in [3.05, 3.63) is 41.2 Å². The number of rotatable bonds is 6. The topological polar surface area (TPSA) is 84.3 Å². The Morgan fingerprint density at radius 2 is 2.19 bits per heavy atom. The average Bonchev–Trinajstić information content (AvgIpc) is 2.47. The normalized spacial score (nSPS) is 10.2. The van der Waals surface area contributed by atoms with E-state index in [-0.39, 0.29) is 5.56 Å². The lowest BCUT2D eigenvalue weighted by atomic mass is 10.2. The molecule has 0 aliphatic carbocycles. The minimum Gasteiger partial charge on any atom is -0.478 e. The molecule has 110 valence electrons. The van der Waals surface area contributed by atoms with Crippen LogP contribution in [0.4, 0.5) is 11.5 Å². The smallest absolute Gasteiger partial charge is 0.335 e. The molecule has 7 heteroatoms. The van der Waals surface area contributed by atoms with Crippen LogP contribution in [-0.2, 0) is 0 Å². The first kappa shape index (κ1) is 15.1. The van der Waals surface area contributed by atoms with Gasteiger partial charge in [-0.1, -0.05) is 18.5 Å². The maximum absolute atomic E-state index is 10.9. The molecule has 0 radical (unpaired) electrons. The highest BCUT2D eigenvalue weighted by molar-refractivity contribution is 6.33. The van der Waals surface area contributed by atoms with Crippen molar-refractivity contribution in [3.8, 4) is 5.88 Å².